The molecule has 0 saturated carbocycles. The molecular formula is C13H11N3O4. The second-order valence-corrected chi connectivity index (χ2v) is 3.93. The minimum Gasteiger partial charge on any atom is -0.504 e. The molecule has 0 aliphatic rings. The highest BCUT2D eigenvalue weighted by molar-refractivity contribution is 5.81. The number of rotatable bonds is 4. The first-order valence-corrected chi connectivity index (χ1v) is 5.62. The molecule has 3 N–H and O–H groups in total. The van der Waals surface area contributed by atoms with E-state index in [0.717, 1.165) is 0 Å². The summed E-state index contributed by atoms with van der Waals surface area (Å²) in [4.78, 5) is 10.1. The molecule has 0 spiro atoms. The van der Waals surface area contributed by atoms with Crippen LogP contribution in [0.3, 0.4) is 0 Å². The third kappa shape index (κ3) is 3.22. The van der Waals surface area contributed by atoms with E-state index in [1.54, 1.807) is 18.2 Å². The maximum Gasteiger partial charge on any atom is 0.271 e. The monoisotopic (exact) mass is 273 g/mol. The number of aromatic hydroxyl groups is 2. The summed E-state index contributed by atoms with van der Waals surface area (Å²) in [6.07, 6.45) is 1.41. The molecule has 102 valence electrons. The van der Waals surface area contributed by atoms with E-state index in [-0.39, 0.29) is 17.2 Å². The van der Waals surface area contributed by atoms with Crippen molar-refractivity contribution in [1.29, 1.82) is 0 Å². The fourth-order valence-electron chi connectivity index (χ4n) is 1.49. The second-order valence-electron chi connectivity index (χ2n) is 3.93. The minimum atomic E-state index is -0.493. The van der Waals surface area contributed by atoms with Gasteiger partial charge in [0.2, 0.25) is 0 Å². The predicted molar refractivity (Wildman–Crippen MR) is 74.1 cm³/mol. The van der Waals surface area contributed by atoms with Gasteiger partial charge < -0.3 is 10.2 Å². The van der Waals surface area contributed by atoms with Crippen molar-refractivity contribution in [1.82, 2.24) is 0 Å². The van der Waals surface area contributed by atoms with E-state index < -0.39 is 4.92 Å². The second kappa shape index (κ2) is 5.70. The van der Waals surface area contributed by atoms with Gasteiger partial charge in [0.05, 0.1) is 16.8 Å². The number of benzene rings is 2. The van der Waals surface area contributed by atoms with Crippen LogP contribution >= 0.6 is 0 Å². The standard InChI is InChI=1S/C13H11N3O4/c17-12-5-4-9(6-13(12)18)8-14-15-10-2-1-3-11(7-10)16(19)20/h1-8,15,17-18H/b14-8+. The lowest BCUT2D eigenvalue weighted by Gasteiger charge is -2.00. The maximum absolute atomic E-state index is 10.6. The van der Waals surface area contributed by atoms with Gasteiger partial charge in [-0.2, -0.15) is 5.10 Å². The summed E-state index contributed by atoms with van der Waals surface area (Å²) < 4.78 is 0. The zero-order chi connectivity index (χ0) is 14.5. The summed E-state index contributed by atoms with van der Waals surface area (Å²) in [5.74, 6) is -0.460. The third-order valence-electron chi connectivity index (χ3n) is 2.46. The minimum absolute atomic E-state index is 0.0347. The summed E-state index contributed by atoms with van der Waals surface area (Å²) >= 11 is 0. The fraction of sp³-hybridized carbons (Fsp3) is 0. The number of hydrogen-bond acceptors (Lipinski definition) is 6. The molecule has 0 aliphatic heterocycles. The number of non-ortho nitro benzene ring substituents is 1. The van der Waals surface area contributed by atoms with Crippen LogP contribution in [0.4, 0.5) is 11.4 Å². The van der Waals surface area contributed by atoms with Crippen LogP contribution in [0.2, 0.25) is 0 Å². The zero-order valence-electron chi connectivity index (χ0n) is 10.2. The van der Waals surface area contributed by atoms with Crippen LogP contribution in [-0.4, -0.2) is 21.4 Å². The van der Waals surface area contributed by atoms with Crippen LogP contribution in [0, 0.1) is 10.1 Å². The molecule has 0 fully saturated rings. The zero-order valence-corrected chi connectivity index (χ0v) is 10.2. The maximum atomic E-state index is 10.6. The average molecular weight is 273 g/mol. The summed E-state index contributed by atoms with van der Waals surface area (Å²) in [5, 5.41) is 33.0. The van der Waals surface area contributed by atoms with E-state index in [4.69, 9.17) is 5.11 Å². The fourth-order valence-corrected chi connectivity index (χ4v) is 1.49. The highest BCUT2D eigenvalue weighted by Crippen LogP contribution is 2.24. The number of hydrogen-bond donors (Lipinski definition) is 3. The molecule has 7 nitrogen and oxygen atoms in total. The third-order valence-corrected chi connectivity index (χ3v) is 2.46. The number of nitro groups is 1. The molecule has 0 heterocycles. The van der Waals surface area contributed by atoms with E-state index in [0.29, 0.717) is 11.3 Å². The summed E-state index contributed by atoms with van der Waals surface area (Å²) in [6, 6.07) is 10.2. The summed E-state index contributed by atoms with van der Waals surface area (Å²) in [7, 11) is 0. The average Bonchev–Trinajstić information content (AvgIpc) is 2.43. The molecule has 0 aliphatic carbocycles. The van der Waals surface area contributed by atoms with Crippen molar-refractivity contribution in [2.75, 3.05) is 5.43 Å². The molecule has 0 atom stereocenters. The van der Waals surface area contributed by atoms with Crippen molar-refractivity contribution in [2.24, 2.45) is 5.10 Å². The summed E-state index contributed by atoms with van der Waals surface area (Å²) in [5.41, 5.74) is 3.65. The van der Waals surface area contributed by atoms with Crippen LogP contribution in [0.5, 0.6) is 11.5 Å². The number of nitrogens with one attached hydrogen (secondary N) is 1. The van der Waals surface area contributed by atoms with Gasteiger partial charge in [0.15, 0.2) is 11.5 Å². The van der Waals surface area contributed by atoms with Gasteiger partial charge in [-0.1, -0.05) is 6.07 Å². The molecule has 2 rings (SSSR count). The first kappa shape index (κ1) is 13.3. The Labute approximate surface area is 114 Å². The van der Waals surface area contributed by atoms with Crippen LogP contribution < -0.4 is 5.43 Å². The van der Waals surface area contributed by atoms with Gasteiger partial charge in [0, 0.05) is 12.1 Å². The number of phenolic OH excluding ortho intramolecular Hbond substituents is 2. The van der Waals surface area contributed by atoms with Crippen LogP contribution in [0.15, 0.2) is 47.6 Å². The molecule has 0 amide bonds. The van der Waals surface area contributed by atoms with E-state index in [2.05, 4.69) is 10.5 Å². The molecule has 7 heteroatoms. The van der Waals surface area contributed by atoms with E-state index in [1.807, 2.05) is 0 Å². The van der Waals surface area contributed by atoms with Crippen molar-refractivity contribution in [3.05, 3.63) is 58.1 Å². The molecule has 2 aromatic carbocycles. The molecule has 2 aromatic rings. The van der Waals surface area contributed by atoms with E-state index in [9.17, 15) is 15.2 Å². The number of anilines is 1. The topological polar surface area (TPSA) is 108 Å². The summed E-state index contributed by atoms with van der Waals surface area (Å²) in [6.45, 7) is 0. The van der Waals surface area contributed by atoms with Gasteiger partial charge in [-0.25, -0.2) is 0 Å². The Balaban J connectivity index is 2.07. The quantitative estimate of drug-likeness (QED) is 0.343. The molecule has 0 aromatic heterocycles. The van der Waals surface area contributed by atoms with Gasteiger partial charge in [0.25, 0.3) is 5.69 Å². The number of nitro benzene ring substituents is 1. The van der Waals surface area contributed by atoms with Crippen molar-refractivity contribution in [2.45, 2.75) is 0 Å². The molecule has 0 unspecified atom stereocenters. The van der Waals surface area contributed by atoms with Crippen molar-refractivity contribution < 1.29 is 15.1 Å². The van der Waals surface area contributed by atoms with E-state index >= 15 is 0 Å². The van der Waals surface area contributed by atoms with Gasteiger partial charge in [0.1, 0.15) is 0 Å². The van der Waals surface area contributed by atoms with Crippen molar-refractivity contribution in [3.8, 4) is 11.5 Å². The van der Waals surface area contributed by atoms with Gasteiger partial charge >= 0.3 is 0 Å². The smallest absolute Gasteiger partial charge is 0.271 e. The molecule has 0 saturated heterocycles. The highest BCUT2D eigenvalue weighted by Gasteiger charge is 2.04. The lowest BCUT2D eigenvalue weighted by atomic mass is 10.2. The van der Waals surface area contributed by atoms with Gasteiger partial charge in [-0.3, -0.25) is 15.5 Å². The molecule has 20 heavy (non-hydrogen) atoms. The Hall–Kier alpha value is -3.09. The normalized spacial score (nSPS) is 10.6. The first-order valence-electron chi connectivity index (χ1n) is 5.62. The Morgan fingerprint density at radius 2 is 1.95 bits per heavy atom. The Kier molecular flexibility index (Phi) is 3.80. The van der Waals surface area contributed by atoms with Crippen molar-refractivity contribution in [3.63, 3.8) is 0 Å². The number of nitrogens with zero attached hydrogens (tertiary/aromatic N) is 2. The van der Waals surface area contributed by atoms with Crippen LogP contribution in [0.25, 0.3) is 0 Å². The number of hydrazone groups is 1. The molecular weight excluding hydrogens is 262 g/mol. The van der Waals surface area contributed by atoms with Crippen molar-refractivity contribution >= 4 is 17.6 Å². The Bertz CT molecular complexity index is 670. The number of phenols is 2. The lowest BCUT2D eigenvalue weighted by molar-refractivity contribution is -0.384. The Morgan fingerprint density at radius 3 is 2.65 bits per heavy atom. The van der Waals surface area contributed by atoms with Gasteiger partial charge in [-0.15, -0.1) is 0 Å². The Morgan fingerprint density at radius 1 is 1.15 bits per heavy atom. The first-order chi connectivity index (χ1) is 9.56. The van der Waals surface area contributed by atoms with Gasteiger partial charge in [-0.05, 0) is 29.8 Å². The van der Waals surface area contributed by atoms with E-state index in [1.165, 1.54) is 30.5 Å². The highest BCUT2D eigenvalue weighted by atomic mass is 16.6. The van der Waals surface area contributed by atoms with Crippen LogP contribution in [0.1, 0.15) is 5.56 Å². The lowest BCUT2D eigenvalue weighted by Crippen LogP contribution is -1.93. The van der Waals surface area contributed by atoms with Crippen LogP contribution in [-0.2, 0) is 0 Å². The predicted octanol–water partition coefficient (Wildman–Crippen LogP) is 2.45. The molecule has 0 bridgehead atoms. The largest absolute Gasteiger partial charge is 0.504 e. The molecule has 0 radical (unpaired) electrons. The SMILES string of the molecule is O=[N+]([O-])c1cccc(N/N=C/c2ccc(O)c(O)c2)c1.